The highest BCUT2D eigenvalue weighted by atomic mass is 79.9. The molecule has 1 rings (SSSR count). The van der Waals surface area contributed by atoms with Crippen molar-refractivity contribution in [2.45, 2.75) is 36.7 Å². The van der Waals surface area contributed by atoms with E-state index in [1.807, 2.05) is 0 Å². The molecule has 1 N–H and O–H groups in total. The second-order valence-corrected chi connectivity index (χ2v) is 5.94. The van der Waals surface area contributed by atoms with E-state index in [0.717, 1.165) is 0 Å². The first kappa shape index (κ1) is 17.3. The normalized spacial score (nSPS) is 24.9. The highest BCUT2D eigenvalue weighted by molar-refractivity contribution is 9.10. The molecule has 0 spiro atoms. The Bertz CT molecular complexity index is 362. The van der Waals surface area contributed by atoms with Crippen LogP contribution in [-0.4, -0.2) is 36.5 Å². The fourth-order valence-corrected chi connectivity index (χ4v) is 2.62. The maximum absolute atomic E-state index is 12.6. The van der Waals surface area contributed by atoms with E-state index in [0.29, 0.717) is 12.8 Å². The van der Waals surface area contributed by atoms with Gasteiger partial charge < -0.3 is 10.1 Å². The Morgan fingerprint density at radius 3 is 2.60 bits per heavy atom. The number of nitrogens with one attached hydrogen (secondary N) is 1. The Morgan fingerprint density at radius 2 is 2.05 bits per heavy atom. The van der Waals surface area contributed by atoms with E-state index in [9.17, 15) is 22.8 Å². The zero-order valence-corrected chi connectivity index (χ0v) is 12.6. The van der Waals surface area contributed by atoms with E-state index >= 15 is 0 Å². The van der Waals surface area contributed by atoms with Gasteiger partial charge >= 0.3 is 12.1 Å². The minimum absolute atomic E-state index is 0.00130. The first-order valence-corrected chi connectivity index (χ1v) is 7.23. The van der Waals surface area contributed by atoms with Crippen LogP contribution in [0.4, 0.5) is 13.2 Å². The Hall–Kier alpha value is -0.790. The van der Waals surface area contributed by atoms with Crippen LogP contribution in [0.25, 0.3) is 0 Å². The van der Waals surface area contributed by atoms with Gasteiger partial charge in [0, 0.05) is 12.5 Å². The third kappa shape index (κ3) is 4.96. The lowest BCUT2D eigenvalue weighted by molar-refractivity contribution is -0.186. The second kappa shape index (κ2) is 7.28. The van der Waals surface area contributed by atoms with Crippen molar-refractivity contribution >= 4 is 27.8 Å². The van der Waals surface area contributed by atoms with E-state index in [2.05, 4.69) is 26.0 Å². The predicted octanol–water partition coefficient (Wildman–Crippen LogP) is 2.41. The van der Waals surface area contributed by atoms with E-state index in [1.165, 1.54) is 7.11 Å². The van der Waals surface area contributed by atoms with Crippen molar-refractivity contribution in [2.75, 3.05) is 13.7 Å². The summed E-state index contributed by atoms with van der Waals surface area (Å²) >= 11 is 3.03. The molecular formula is C12H17BrF3NO3. The van der Waals surface area contributed by atoms with Gasteiger partial charge in [0.15, 0.2) is 0 Å². The van der Waals surface area contributed by atoms with E-state index in [1.54, 1.807) is 0 Å². The van der Waals surface area contributed by atoms with E-state index in [4.69, 9.17) is 0 Å². The fourth-order valence-electron chi connectivity index (χ4n) is 2.27. The number of amides is 1. The van der Waals surface area contributed by atoms with Crippen LogP contribution in [-0.2, 0) is 14.3 Å². The molecule has 1 amide bonds. The van der Waals surface area contributed by atoms with Gasteiger partial charge in [0.1, 0.15) is 4.83 Å². The number of hydrogen-bond donors (Lipinski definition) is 1. The summed E-state index contributed by atoms with van der Waals surface area (Å²) in [6, 6.07) is 0. The van der Waals surface area contributed by atoms with Crippen LogP contribution in [0.2, 0.25) is 0 Å². The Kier molecular flexibility index (Phi) is 6.29. The molecule has 0 aromatic rings. The number of ether oxygens (including phenoxy) is 1. The molecule has 0 heterocycles. The standard InChI is InChI=1S/C12H17BrF3NO3/c1-20-11(19)9(13)6-17-10(18)7-3-2-4-8(5-7)12(14,15)16/h7-9H,2-6H2,1H3,(H,17,18). The van der Waals surface area contributed by atoms with Crippen molar-refractivity contribution in [3.05, 3.63) is 0 Å². The first-order chi connectivity index (χ1) is 9.25. The molecule has 0 saturated heterocycles. The summed E-state index contributed by atoms with van der Waals surface area (Å²) in [6.07, 6.45) is -3.51. The van der Waals surface area contributed by atoms with Crippen LogP contribution in [0.5, 0.6) is 0 Å². The molecule has 1 aliphatic rings. The van der Waals surface area contributed by atoms with Gasteiger partial charge in [-0.3, -0.25) is 9.59 Å². The molecule has 4 nitrogen and oxygen atoms in total. The number of rotatable bonds is 4. The number of methoxy groups -OCH3 is 1. The van der Waals surface area contributed by atoms with Crippen molar-refractivity contribution < 1.29 is 27.5 Å². The van der Waals surface area contributed by atoms with Crippen molar-refractivity contribution in [2.24, 2.45) is 11.8 Å². The van der Waals surface area contributed by atoms with E-state index < -0.39 is 34.7 Å². The Balaban J connectivity index is 2.45. The monoisotopic (exact) mass is 359 g/mol. The summed E-state index contributed by atoms with van der Waals surface area (Å²) in [7, 11) is 1.22. The average Bonchev–Trinajstić information content (AvgIpc) is 2.42. The van der Waals surface area contributed by atoms with Crippen LogP contribution < -0.4 is 5.32 Å². The van der Waals surface area contributed by atoms with Gasteiger partial charge in [-0.2, -0.15) is 13.2 Å². The summed E-state index contributed by atoms with van der Waals surface area (Å²) in [4.78, 5) is 22.3. The fraction of sp³-hybridized carbons (Fsp3) is 0.833. The molecule has 3 unspecified atom stereocenters. The topological polar surface area (TPSA) is 55.4 Å². The van der Waals surface area contributed by atoms with Crippen molar-refractivity contribution in [1.82, 2.24) is 5.32 Å². The molecule has 0 radical (unpaired) electrons. The Morgan fingerprint density at radius 1 is 1.40 bits per heavy atom. The van der Waals surface area contributed by atoms with Gasteiger partial charge in [0.2, 0.25) is 5.91 Å². The summed E-state index contributed by atoms with van der Waals surface area (Å²) in [5, 5.41) is 2.49. The lowest BCUT2D eigenvalue weighted by Gasteiger charge is -2.29. The molecule has 0 bridgehead atoms. The largest absolute Gasteiger partial charge is 0.468 e. The van der Waals surface area contributed by atoms with Crippen LogP contribution in [0.3, 0.4) is 0 Å². The van der Waals surface area contributed by atoms with Crippen molar-refractivity contribution in [3.8, 4) is 0 Å². The quantitative estimate of drug-likeness (QED) is 0.619. The number of alkyl halides is 4. The third-order valence-electron chi connectivity index (χ3n) is 3.42. The molecule has 116 valence electrons. The number of carbonyl (C=O) groups is 2. The van der Waals surface area contributed by atoms with Gasteiger partial charge in [-0.15, -0.1) is 0 Å². The zero-order chi connectivity index (χ0) is 15.3. The minimum atomic E-state index is -4.25. The van der Waals surface area contributed by atoms with Gasteiger partial charge in [-0.25, -0.2) is 0 Å². The number of carbonyl (C=O) groups excluding carboxylic acids is 2. The van der Waals surface area contributed by atoms with Crippen LogP contribution in [0, 0.1) is 11.8 Å². The lowest BCUT2D eigenvalue weighted by Crippen LogP contribution is -2.40. The maximum atomic E-state index is 12.6. The van der Waals surface area contributed by atoms with E-state index in [-0.39, 0.29) is 19.4 Å². The Labute approximate surface area is 123 Å². The molecule has 1 aliphatic carbocycles. The summed E-state index contributed by atoms with van der Waals surface area (Å²) in [5.74, 6) is -3.03. The second-order valence-electron chi connectivity index (χ2n) is 4.84. The molecule has 0 aliphatic heterocycles. The average molecular weight is 360 g/mol. The summed E-state index contributed by atoms with van der Waals surface area (Å²) in [6.45, 7) is -0.00130. The smallest absolute Gasteiger partial charge is 0.391 e. The van der Waals surface area contributed by atoms with Crippen LogP contribution >= 0.6 is 15.9 Å². The minimum Gasteiger partial charge on any atom is -0.468 e. The highest BCUT2D eigenvalue weighted by Crippen LogP contribution is 2.39. The molecule has 0 aromatic heterocycles. The molecule has 1 saturated carbocycles. The van der Waals surface area contributed by atoms with Gasteiger partial charge in [0.05, 0.1) is 13.0 Å². The number of hydrogen-bond acceptors (Lipinski definition) is 3. The molecular weight excluding hydrogens is 343 g/mol. The van der Waals surface area contributed by atoms with Crippen molar-refractivity contribution in [3.63, 3.8) is 0 Å². The summed E-state index contributed by atoms with van der Waals surface area (Å²) < 4.78 is 42.4. The maximum Gasteiger partial charge on any atom is 0.391 e. The molecule has 20 heavy (non-hydrogen) atoms. The van der Waals surface area contributed by atoms with Gasteiger partial charge in [0.25, 0.3) is 0 Å². The van der Waals surface area contributed by atoms with Crippen molar-refractivity contribution in [1.29, 1.82) is 0 Å². The number of halogens is 4. The molecule has 1 fully saturated rings. The highest BCUT2D eigenvalue weighted by Gasteiger charge is 2.43. The van der Waals surface area contributed by atoms with Crippen LogP contribution in [0.15, 0.2) is 0 Å². The van der Waals surface area contributed by atoms with Gasteiger partial charge in [-0.1, -0.05) is 22.4 Å². The first-order valence-electron chi connectivity index (χ1n) is 6.32. The third-order valence-corrected chi connectivity index (χ3v) is 4.12. The lowest BCUT2D eigenvalue weighted by atomic mass is 9.80. The summed E-state index contributed by atoms with van der Waals surface area (Å²) in [5.41, 5.74) is 0. The predicted molar refractivity (Wildman–Crippen MR) is 69.2 cm³/mol. The molecule has 0 aromatic carbocycles. The zero-order valence-electron chi connectivity index (χ0n) is 11.0. The molecule has 3 atom stereocenters. The SMILES string of the molecule is COC(=O)C(Br)CNC(=O)C1CCCC(C(F)(F)F)C1. The molecule has 8 heteroatoms. The van der Waals surface area contributed by atoms with Crippen LogP contribution in [0.1, 0.15) is 25.7 Å². The number of esters is 1. The van der Waals surface area contributed by atoms with Gasteiger partial charge in [-0.05, 0) is 19.3 Å².